The molecule has 0 bridgehead atoms. The third-order valence-electron chi connectivity index (χ3n) is 1.35. The Labute approximate surface area is 73.0 Å². The first kappa shape index (κ1) is 11.8. The van der Waals surface area contributed by atoms with E-state index in [2.05, 4.69) is 9.78 Å². The molecule has 0 aliphatic heterocycles. The largest absolute Gasteiger partial charge is 0.366 e. The average Bonchev–Trinajstić information content (AvgIpc) is 2.02. The zero-order valence-electron chi connectivity index (χ0n) is 7.69. The highest BCUT2D eigenvalue weighted by Crippen LogP contribution is 2.03. The summed E-state index contributed by atoms with van der Waals surface area (Å²) in [6.45, 7) is 3.85. The van der Waals surface area contributed by atoms with E-state index in [9.17, 15) is 0 Å². The second-order valence-electron chi connectivity index (χ2n) is 2.68. The fourth-order valence-corrected chi connectivity index (χ4v) is 0.718. The molecule has 0 saturated carbocycles. The van der Waals surface area contributed by atoms with Gasteiger partial charge in [-0.05, 0) is 0 Å². The third-order valence-corrected chi connectivity index (χ3v) is 1.35. The SMILES string of the molecule is CCCC(O)OOC(O)CCC. The van der Waals surface area contributed by atoms with Gasteiger partial charge >= 0.3 is 0 Å². The lowest BCUT2D eigenvalue weighted by Gasteiger charge is -2.13. The molecule has 0 saturated heterocycles. The summed E-state index contributed by atoms with van der Waals surface area (Å²) in [5.74, 6) is 0. The second-order valence-corrected chi connectivity index (χ2v) is 2.68. The molecule has 0 rings (SSSR count). The fraction of sp³-hybridized carbons (Fsp3) is 1.00. The van der Waals surface area contributed by atoms with E-state index < -0.39 is 12.6 Å². The summed E-state index contributed by atoms with van der Waals surface area (Å²) in [6, 6.07) is 0. The Bertz CT molecular complexity index is 85.1. The van der Waals surface area contributed by atoms with Crippen LogP contribution in [0.2, 0.25) is 0 Å². The molecule has 0 heterocycles. The van der Waals surface area contributed by atoms with Crippen LogP contribution in [0.15, 0.2) is 0 Å². The molecule has 12 heavy (non-hydrogen) atoms. The standard InChI is InChI=1S/C8H18O4/c1-3-5-7(9)11-12-8(10)6-4-2/h7-10H,3-6H2,1-2H3. The molecule has 0 aromatic rings. The normalized spacial score (nSPS) is 16.0. The number of aliphatic hydroxyl groups excluding tert-OH is 2. The van der Waals surface area contributed by atoms with Crippen molar-refractivity contribution in [1.29, 1.82) is 0 Å². The van der Waals surface area contributed by atoms with Gasteiger partial charge in [0.2, 0.25) is 0 Å². The second kappa shape index (κ2) is 7.49. The predicted molar refractivity (Wildman–Crippen MR) is 44.0 cm³/mol. The Balaban J connectivity index is 3.27. The Morgan fingerprint density at radius 3 is 1.50 bits per heavy atom. The lowest BCUT2D eigenvalue weighted by atomic mass is 10.3. The van der Waals surface area contributed by atoms with E-state index in [0.717, 1.165) is 12.8 Å². The van der Waals surface area contributed by atoms with Gasteiger partial charge in [0, 0.05) is 12.8 Å². The molecule has 0 aromatic heterocycles. The van der Waals surface area contributed by atoms with E-state index in [4.69, 9.17) is 10.2 Å². The summed E-state index contributed by atoms with van der Waals surface area (Å²) in [5.41, 5.74) is 0. The van der Waals surface area contributed by atoms with Gasteiger partial charge in [-0.15, -0.1) is 0 Å². The van der Waals surface area contributed by atoms with Gasteiger partial charge in [0.1, 0.15) is 0 Å². The van der Waals surface area contributed by atoms with Crippen LogP contribution in [0.1, 0.15) is 39.5 Å². The van der Waals surface area contributed by atoms with Crippen LogP contribution in [0, 0.1) is 0 Å². The van der Waals surface area contributed by atoms with E-state index in [1.54, 1.807) is 0 Å². The molecule has 0 amide bonds. The first-order valence-corrected chi connectivity index (χ1v) is 4.39. The van der Waals surface area contributed by atoms with Crippen LogP contribution < -0.4 is 0 Å². The monoisotopic (exact) mass is 178 g/mol. The molecule has 0 spiro atoms. The van der Waals surface area contributed by atoms with Gasteiger partial charge in [-0.3, -0.25) is 0 Å². The van der Waals surface area contributed by atoms with Crippen LogP contribution in [0.25, 0.3) is 0 Å². The Hall–Kier alpha value is -0.160. The summed E-state index contributed by atoms with van der Waals surface area (Å²) in [4.78, 5) is 9.00. The van der Waals surface area contributed by atoms with Gasteiger partial charge in [-0.2, -0.15) is 0 Å². The van der Waals surface area contributed by atoms with Crippen molar-refractivity contribution in [2.75, 3.05) is 0 Å². The lowest BCUT2D eigenvalue weighted by Crippen LogP contribution is -2.18. The van der Waals surface area contributed by atoms with Gasteiger partial charge in [0.15, 0.2) is 12.6 Å². The van der Waals surface area contributed by atoms with Gasteiger partial charge < -0.3 is 10.2 Å². The molecular formula is C8H18O4. The van der Waals surface area contributed by atoms with Crippen LogP contribution >= 0.6 is 0 Å². The minimum absolute atomic E-state index is 0.513. The number of hydrogen-bond donors (Lipinski definition) is 2. The van der Waals surface area contributed by atoms with Crippen molar-refractivity contribution in [3.63, 3.8) is 0 Å². The van der Waals surface area contributed by atoms with Crippen molar-refractivity contribution < 1.29 is 20.0 Å². The first-order chi connectivity index (χ1) is 5.70. The highest BCUT2D eigenvalue weighted by atomic mass is 17.2. The lowest BCUT2D eigenvalue weighted by molar-refractivity contribution is -0.424. The highest BCUT2D eigenvalue weighted by Gasteiger charge is 2.08. The fourth-order valence-electron chi connectivity index (χ4n) is 0.718. The molecule has 74 valence electrons. The maximum absolute atomic E-state index is 9.01. The minimum Gasteiger partial charge on any atom is -0.366 e. The maximum atomic E-state index is 9.01. The van der Waals surface area contributed by atoms with Crippen LogP contribution in [0.3, 0.4) is 0 Å². The molecule has 4 nitrogen and oxygen atoms in total. The number of rotatable bonds is 7. The molecule has 0 fully saturated rings. The van der Waals surface area contributed by atoms with Crippen LogP contribution in [0.5, 0.6) is 0 Å². The summed E-state index contributed by atoms with van der Waals surface area (Å²) in [6.07, 6.45) is 0.795. The van der Waals surface area contributed by atoms with Crippen LogP contribution in [0.4, 0.5) is 0 Å². The molecule has 2 N–H and O–H groups in total. The molecule has 2 unspecified atom stereocenters. The van der Waals surface area contributed by atoms with Gasteiger partial charge in [-0.25, -0.2) is 9.78 Å². The van der Waals surface area contributed by atoms with Gasteiger partial charge in [-0.1, -0.05) is 26.7 Å². The van der Waals surface area contributed by atoms with E-state index in [0.29, 0.717) is 12.8 Å². The first-order valence-electron chi connectivity index (χ1n) is 4.39. The molecule has 0 aliphatic carbocycles. The van der Waals surface area contributed by atoms with Gasteiger partial charge in [0.25, 0.3) is 0 Å². The summed E-state index contributed by atoms with van der Waals surface area (Å²) in [5, 5.41) is 18.0. The van der Waals surface area contributed by atoms with Crippen LogP contribution in [-0.4, -0.2) is 22.8 Å². The zero-order valence-corrected chi connectivity index (χ0v) is 7.69. The van der Waals surface area contributed by atoms with E-state index in [-0.39, 0.29) is 0 Å². The summed E-state index contributed by atoms with van der Waals surface area (Å²) in [7, 11) is 0. The van der Waals surface area contributed by atoms with Crippen molar-refractivity contribution in [1.82, 2.24) is 0 Å². The molecule has 0 aliphatic rings. The third kappa shape index (κ3) is 6.54. The molecule has 2 atom stereocenters. The molecule has 4 heteroatoms. The number of hydrogen-bond acceptors (Lipinski definition) is 4. The molecule has 0 radical (unpaired) electrons. The van der Waals surface area contributed by atoms with E-state index in [1.807, 2.05) is 13.8 Å². The summed E-state index contributed by atoms with van der Waals surface area (Å²) < 4.78 is 0. The quantitative estimate of drug-likeness (QED) is 0.349. The molecular weight excluding hydrogens is 160 g/mol. The van der Waals surface area contributed by atoms with Crippen molar-refractivity contribution in [3.8, 4) is 0 Å². The van der Waals surface area contributed by atoms with Crippen molar-refractivity contribution in [2.45, 2.75) is 52.1 Å². The molecule has 0 aromatic carbocycles. The Kier molecular flexibility index (Phi) is 7.39. The Morgan fingerprint density at radius 2 is 1.25 bits per heavy atom. The maximum Gasteiger partial charge on any atom is 0.188 e. The van der Waals surface area contributed by atoms with Crippen molar-refractivity contribution >= 4 is 0 Å². The number of aliphatic hydroxyl groups is 2. The average molecular weight is 178 g/mol. The topological polar surface area (TPSA) is 58.9 Å². The minimum atomic E-state index is -0.929. The van der Waals surface area contributed by atoms with Gasteiger partial charge in [0.05, 0.1) is 0 Å². The smallest absolute Gasteiger partial charge is 0.188 e. The van der Waals surface area contributed by atoms with Crippen molar-refractivity contribution in [3.05, 3.63) is 0 Å². The van der Waals surface area contributed by atoms with Crippen molar-refractivity contribution in [2.24, 2.45) is 0 Å². The summed E-state index contributed by atoms with van der Waals surface area (Å²) >= 11 is 0. The predicted octanol–water partition coefficient (Wildman–Crippen LogP) is 1.17. The van der Waals surface area contributed by atoms with Crippen LogP contribution in [-0.2, 0) is 9.78 Å². The highest BCUT2D eigenvalue weighted by molar-refractivity contribution is 4.37. The zero-order chi connectivity index (χ0) is 9.40. The van der Waals surface area contributed by atoms with E-state index >= 15 is 0 Å². The van der Waals surface area contributed by atoms with E-state index in [1.165, 1.54) is 0 Å². The Morgan fingerprint density at radius 1 is 0.917 bits per heavy atom.